The van der Waals surface area contributed by atoms with Crippen LogP contribution >= 0.6 is 23.2 Å². The average Bonchev–Trinajstić information content (AvgIpc) is 3.23. The summed E-state index contributed by atoms with van der Waals surface area (Å²) in [5.74, 6) is -1.25. The molecular weight excluding hydrogens is 467 g/mol. The number of ether oxygens (including phenoxy) is 1. The highest BCUT2D eigenvalue weighted by atomic mass is 35.5. The van der Waals surface area contributed by atoms with Crippen molar-refractivity contribution < 1.29 is 19.1 Å². The van der Waals surface area contributed by atoms with Crippen molar-refractivity contribution in [1.29, 1.82) is 0 Å². The van der Waals surface area contributed by atoms with Gasteiger partial charge >= 0.3 is 12.0 Å². The van der Waals surface area contributed by atoms with E-state index in [4.69, 9.17) is 33.7 Å². The van der Waals surface area contributed by atoms with Gasteiger partial charge in [0.25, 0.3) is 5.91 Å². The molecule has 0 aliphatic heterocycles. The molecular formula is C23H26Cl2N4O4. The number of benzene rings is 2. The van der Waals surface area contributed by atoms with Gasteiger partial charge in [0.1, 0.15) is 6.04 Å². The highest BCUT2D eigenvalue weighted by molar-refractivity contribution is 6.41. The van der Waals surface area contributed by atoms with E-state index in [1.165, 1.54) is 30.4 Å². The maximum absolute atomic E-state index is 12.7. The summed E-state index contributed by atoms with van der Waals surface area (Å²) in [6.07, 6.45) is 1.92. The lowest BCUT2D eigenvalue weighted by molar-refractivity contribution is -0.142. The van der Waals surface area contributed by atoms with Crippen LogP contribution in [-0.4, -0.2) is 43.6 Å². The Balaban J connectivity index is 1.61. The van der Waals surface area contributed by atoms with Gasteiger partial charge in [-0.3, -0.25) is 4.79 Å². The molecule has 3 atom stereocenters. The Morgan fingerprint density at radius 1 is 1.15 bits per heavy atom. The summed E-state index contributed by atoms with van der Waals surface area (Å²) >= 11 is 12.2. The number of halogens is 2. The number of nitrogens with two attached hydrogens (primary N) is 1. The molecule has 8 nitrogen and oxygen atoms in total. The van der Waals surface area contributed by atoms with Crippen LogP contribution < -0.4 is 21.7 Å². The van der Waals surface area contributed by atoms with Crippen LogP contribution in [0.5, 0.6) is 0 Å². The van der Waals surface area contributed by atoms with E-state index >= 15 is 0 Å². The monoisotopic (exact) mass is 492 g/mol. The minimum absolute atomic E-state index is 0.0278. The van der Waals surface area contributed by atoms with Crippen LogP contribution in [0.15, 0.2) is 36.4 Å². The van der Waals surface area contributed by atoms with Gasteiger partial charge in [-0.15, -0.1) is 0 Å². The normalized spacial score (nSPS) is 16.3. The SMILES string of the molecule is COC(=O)[C@H](CNC(=O)NC(C)[C@@H]1CCc2ccccc21)NC(=O)c1c(Cl)ccc(N)c1Cl. The van der Waals surface area contributed by atoms with Gasteiger partial charge in [-0.25, -0.2) is 9.59 Å². The molecule has 1 aliphatic rings. The van der Waals surface area contributed by atoms with E-state index in [0.29, 0.717) is 0 Å². The van der Waals surface area contributed by atoms with Gasteiger partial charge in [0, 0.05) is 12.0 Å². The van der Waals surface area contributed by atoms with Crippen molar-refractivity contribution in [3.8, 4) is 0 Å². The van der Waals surface area contributed by atoms with E-state index < -0.39 is 23.9 Å². The molecule has 0 radical (unpaired) electrons. The fourth-order valence-corrected chi connectivity index (χ4v) is 4.55. The molecule has 3 rings (SSSR count). The predicted molar refractivity (Wildman–Crippen MR) is 128 cm³/mol. The van der Waals surface area contributed by atoms with Gasteiger partial charge in [0.15, 0.2) is 0 Å². The van der Waals surface area contributed by atoms with Crippen molar-refractivity contribution in [2.24, 2.45) is 0 Å². The number of anilines is 1. The van der Waals surface area contributed by atoms with Crippen molar-refractivity contribution in [1.82, 2.24) is 16.0 Å². The number of carbonyl (C=O) groups excluding carboxylic acids is 3. The quantitative estimate of drug-likeness (QED) is 0.349. The molecule has 0 aromatic heterocycles. The number of carbonyl (C=O) groups is 3. The van der Waals surface area contributed by atoms with Gasteiger partial charge < -0.3 is 26.4 Å². The van der Waals surface area contributed by atoms with Crippen molar-refractivity contribution in [3.63, 3.8) is 0 Å². The zero-order chi connectivity index (χ0) is 24.1. The van der Waals surface area contributed by atoms with Crippen LogP contribution in [0, 0.1) is 0 Å². The number of rotatable bonds is 7. The van der Waals surface area contributed by atoms with E-state index in [2.05, 4.69) is 28.1 Å². The topological polar surface area (TPSA) is 123 Å². The van der Waals surface area contributed by atoms with E-state index in [1.807, 2.05) is 19.1 Å². The van der Waals surface area contributed by atoms with Crippen LogP contribution in [0.4, 0.5) is 10.5 Å². The molecule has 10 heteroatoms. The first-order chi connectivity index (χ1) is 15.7. The number of aryl methyl sites for hydroxylation is 1. The first-order valence-electron chi connectivity index (χ1n) is 10.5. The molecule has 0 bridgehead atoms. The van der Waals surface area contributed by atoms with Crippen LogP contribution in [-0.2, 0) is 16.0 Å². The van der Waals surface area contributed by atoms with E-state index in [0.717, 1.165) is 12.8 Å². The molecule has 1 aliphatic carbocycles. The summed E-state index contributed by atoms with van der Waals surface area (Å²) in [6, 6.07) is 9.34. The lowest BCUT2D eigenvalue weighted by atomic mass is 9.94. The minimum atomic E-state index is -1.16. The molecule has 1 unspecified atom stereocenters. The Labute approximate surface area is 202 Å². The third-order valence-electron chi connectivity index (χ3n) is 5.75. The average molecular weight is 493 g/mol. The fourth-order valence-electron chi connectivity index (χ4n) is 4.01. The molecule has 3 amide bonds. The van der Waals surface area contributed by atoms with Crippen molar-refractivity contribution >= 4 is 46.8 Å². The number of esters is 1. The highest BCUT2D eigenvalue weighted by Crippen LogP contribution is 2.35. The minimum Gasteiger partial charge on any atom is -0.467 e. The Morgan fingerprint density at radius 3 is 2.61 bits per heavy atom. The number of hydrogen-bond acceptors (Lipinski definition) is 5. The maximum Gasteiger partial charge on any atom is 0.330 e. The van der Waals surface area contributed by atoms with Gasteiger partial charge in [-0.1, -0.05) is 47.5 Å². The maximum atomic E-state index is 12.7. The summed E-state index contributed by atoms with van der Waals surface area (Å²) in [6.45, 7) is 1.74. The molecule has 176 valence electrons. The van der Waals surface area contributed by atoms with E-state index in [-0.39, 0.29) is 39.8 Å². The molecule has 0 saturated heterocycles. The fraction of sp³-hybridized carbons (Fsp3) is 0.348. The van der Waals surface area contributed by atoms with Crippen LogP contribution in [0.2, 0.25) is 10.0 Å². The summed E-state index contributed by atoms with van der Waals surface area (Å²) < 4.78 is 4.75. The third kappa shape index (κ3) is 5.69. The lowest BCUT2D eigenvalue weighted by Crippen LogP contribution is -2.52. The van der Waals surface area contributed by atoms with Gasteiger partial charge in [-0.05, 0) is 43.0 Å². The number of methoxy groups -OCH3 is 1. The summed E-state index contributed by atoms with van der Waals surface area (Å²) in [7, 11) is 1.18. The standard InChI is InChI=1S/C23H26Cl2N4O4/c1-12(14-8-7-13-5-3-4-6-15(13)14)28-23(32)27-11-18(22(31)33-2)29-21(30)19-16(24)9-10-17(26)20(19)25/h3-6,9-10,12,14,18H,7-8,11,26H2,1-2H3,(H,29,30)(H2,27,28,32)/t12?,14-,18-/m0/s1. The first-order valence-corrected chi connectivity index (χ1v) is 11.2. The number of nitrogens with one attached hydrogen (secondary N) is 3. The summed E-state index contributed by atoms with van der Waals surface area (Å²) in [4.78, 5) is 37.4. The van der Waals surface area contributed by atoms with E-state index in [9.17, 15) is 14.4 Å². The first kappa shape index (κ1) is 24.7. The zero-order valence-electron chi connectivity index (χ0n) is 18.3. The lowest BCUT2D eigenvalue weighted by Gasteiger charge is -2.23. The molecule has 33 heavy (non-hydrogen) atoms. The summed E-state index contributed by atoms with van der Waals surface area (Å²) in [5.41, 5.74) is 8.38. The Morgan fingerprint density at radius 2 is 1.88 bits per heavy atom. The molecule has 0 heterocycles. The number of amides is 3. The predicted octanol–water partition coefficient (Wildman–Crippen LogP) is 3.26. The number of fused-ring (bicyclic) bond motifs is 1. The second kappa shape index (κ2) is 10.8. The summed E-state index contributed by atoms with van der Waals surface area (Å²) in [5, 5.41) is 8.07. The smallest absolute Gasteiger partial charge is 0.330 e. The third-order valence-corrected chi connectivity index (χ3v) is 6.47. The Bertz CT molecular complexity index is 1060. The van der Waals surface area contributed by atoms with Crippen molar-refractivity contribution in [2.75, 3.05) is 19.4 Å². The van der Waals surface area contributed by atoms with Gasteiger partial charge in [0.05, 0.1) is 35.0 Å². The molecule has 5 N–H and O–H groups in total. The Hall–Kier alpha value is -2.97. The molecule has 0 saturated carbocycles. The second-order valence-corrected chi connectivity index (χ2v) is 8.65. The van der Waals surface area contributed by atoms with Gasteiger partial charge in [0.2, 0.25) is 0 Å². The number of hydrogen-bond donors (Lipinski definition) is 4. The number of nitrogen functional groups attached to an aromatic ring is 1. The molecule has 0 spiro atoms. The second-order valence-electron chi connectivity index (χ2n) is 7.86. The van der Waals surface area contributed by atoms with Crippen LogP contribution in [0.1, 0.15) is 40.7 Å². The highest BCUT2D eigenvalue weighted by Gasteiger charge is 2.29. The number of urea groups is 1. The molecule has 0 fully saturated rings. The van der Waals surface area contributed by atoms with E-state index in [1.54, 1.807) is 0 Å². The zero-order valence-corrected chi connectivity index (χ0v) is 19.8. The largest absolute Gasteiger partial charge is 0.467 e. The van der Waals surface area contributed by atoms with Crippen LogP contribution in [0.25, 0.3) is 0 Å². The Kier molecular flexibility index (Phi) is 8.05. The molecule has 2 aromatic carbocycles. The molecule has 2 aromatic rings. The van der Waals surface area contributed by atoms with Crippen molar-refractivity contribution in [2.45, 2.75) is 37.8 Å². The van der Waals surface area contributed by atoms with Crippen LogP contribution in [0.3, 0.4) is 0 Å². The van der Waals surface area contributed by atoms with Gasteiger partial charge in [-0.2, -0.15) is 0 Å². The van der Waals surface area contributed by atoms with Crippen molar-refractivity contribution in [3.05, 3.63) is 63.1 Å².